The number of nitrogens with two attached hydrogens (primary N) is 1. The molecule has 0 fully saturated rings. The Bertz CT molecular complexity index is 818. The van der Waals surface area contributed by atoms with Crippen molar-refractivity contribution < 1.29 is 17.6 Å². The van der Waals surface area contributed by atoms with Crippen molar-refractivity contribution >= 4 is 27.5 Å². The number of nitrogens with zero attached hydrogens (tertiary/aromatic N) is 1. The quantitative estimate of drug-likeness (QED) is 0.893. The summed E-state index contributed by atoms with van der Waals surface area (Å²) in [5.74, 6) is -1.23. The maximum atomic E-state index is 13.8. The minimum atomic E-state index is -3.86. The van der Waals surface area contributed by atoms with Crippen LogP contribution in [-0.4, -0.2) is 25.7 Å². The molecule has 2 aromatic rings. The third-order valence-electron chi connectivity index (χ3n) is 3.29. The van der Waals surface area contributed by atoms with Crippen molar-refractivity contribution in [3.05, 3.63) is 64.4 Å². The summed E-state index contributed by atoms with van der Waals surface area (Å²) in [6.07, 6.45) is 0. The van der Waals surface area contributed by atoms with Crippen LogP contribution in [0.2, 0.25) is 5.02 Å². The van der Waals surface area contributed by atoms with Crippen LogP contribution in [0, 0.1) is 5.82 Å². The predicted molar refractivity (Wildman–Crippen MR) is 85.0 cm³/mol. The Balaban J connectivity index is 2.30. The summed E-state index contributed by atoms with van der Waals surface area (Å²) in [6.45, 7) is -0.217. The zero-order chi connectivity index (χ0) is 17.2. The second-order valence-corrected chi connectivity index (χ2v) is 7.30. The molecule has 0 unspecified atom stereocenters. The molecule has 5 nitrogen and oxygen atoms in total. The van der Waals surface area contributed by atoms with Gasteiger partial charge < -0.3 is 5.73 Å². The van der Waals surface area contributed by atoms with E-state index >= 15 is 0 Å². The van der Waals surface area contributed by atoms with Gasteiger partial charge in [0.1, 0.15) is 5.82 Å². The molecule has 2 rings (SSSR count). The van der Waals surface area contributed by atoms with Gasteiger partial charge in [0.2, 0.25) is 15.9 Å². The number of sulfonamides is 1. The number of halogens is 2. The first kappa shape index (κ1) is 17.4. The molecule has 0 atom stereocenters. The molecule has 0 radical (unpaired) electrons. The highest BCUT2D eigenvalue weighted by Gasteiger charge is 2.23. The van der Waals surface area contributed by atoms with E-state index in [1.54, 1.807) is 0 Å². The Morgan fingerprint density at radius 2 is 1.83 bits per heavy atom. The second kappa shape index (κ2) is 6.66. The van der Waals surface area contributed by atoms with E-state index < -0.39 is 21.7 Å². The number of rotatable bonds is 5. The summed E-state index contributed by atoms with van der Waals surface area (Å²) < 4.78 is 39.7. The lowest BCUT2D eigenvalue weighted by atomic mass is 10.2. The Morgan fingerprint density at radius 3 is 2.35 bits per heavy atom. The lowest BCUT2D eigenvalue weighted by Gasteiger charge is -2.18. The highest BCUT2D eigenvalue weighted by Crippen LogP contribution is 2.23. The average Bonchev–Trinajstić information content (AvgIpc) is 2.50. The monoisotopic (exact) mass is 356 g/mol. The molecule has 0 aromatic heterocycles. The van der Waals surface area contributed by atoms with E-state index in [2.05, 4.69) is 0 Å². The van der Waals surface area contributed by atoms with Crippen LogP contribution in [0.5, 0.6) is 0 Å². The molecule has 0 aliphatic carbocycles. The van der Waals surface area contributed by atoms with Crippen molar-refractivity contribution in [2.45, 2.75) is 11.4 Å². The van der Waals surface area contributed by atoms with Gasteiger partial charge in [-0.15, -0.1) is 0 Å². The summed E-state index contributed by atoms with van der Waals surface area (Å²) >= 11 is 5.91. The fourth-order valence-electron chi connectivity index (χ4n) is 1.96. The molecule has 23 heavy (non-hydrogen) atoms. The van der Waals surface area contributed by atoms with E-state index in [9.17, 15) is 17.6 Å². The van der Waals surface area contributed by atoms with Crippen LogP contribution in [0.25, 0.3) is 0 Å². The van der Waals surface area contributed by atoms with E-state index in [0.717, 1.165) is 4.31 Å². The zero-order valence-electron chi connectivity index (χ0n) is 12.2. The number of hydrogen-bond acceptors (Lipinski definition) is 3. The number of carbonyl (C=O) groups excluding carboxylic acids is 1. The molecule has 0 aliphatic heterocycles. The molecule has 0 bridgehead atoms. The highest BCUT2D eigenvalue weighted by molar-refractivity contribution is 7.89. The second-order valence-electron chi connectivity index (χ2n) is 4.85. The lowest BCUT2D eigenvalue weighted by Crippen LogP contribution is -2.27. The summed E-state index contributed by atoms with van der Waals surface area (Å²) in [6, 6.07) is 9.33. The molecule has 2 N–H and O–H groups in total. The predicted octanol–water partition coefficient (Wildman–Crippen LogP) is 2.40. The van der Waals surface area contributed by atoms with Crippen LogP contribution in [0.4, 0.5) is 4.39 Å². The van der Waals surface area contributed by atoms with Gasteiger partial charge >= 0.3 is 0 Å². The molecular formula is C15H14ClFN2O3S. The van der Waals surface area contributed by atoms with Gasteiger partial charge in [0.15, 0.2) is 0 Å². The van der Waals surface area contributed by atoms with E-state index in [0.29, 0.717) is 0 Å². The number of hydrogen-bond donors (Lipinski definition) is 1. The lowest BCUT2D eigenvalue weighted by molar-refractivity contribution is 0.1000. The minimum Gasteiger partial charge on any atom is -0.366 e. The third kappa shape index (κ3) is 3.69. The normalized spacial score (nSPS) is 11.7. The van der Waals surface area contributed by atoms with Crippen molar-refractivity contribution in [1.82, 2.24) is 4.31 Å². The Kier molecular flexibility index (Phi) is 5.03. The zero-order valence-corrected chi connectivity index (χ0v) is 13.7. The molecule has 1 amide bonds. The standard InChI is InChI=1S/C15H14ClFN2O3S/c1-19(9-12-13(16)3-2-4-14(12)17)23(21,22)11-7-5-10(6-8-11)15(18)20/h2-8H,9H2,1H3,(H2,18,20). The van der Waals surface area contributed by atoms with Crippen molar-refractivity contribution in [3.8, 4) is 0 Å². The fraction of sp³-hybridized carbons (Fsp3) is 0.133. The number of carbonyl (C=O) groups is 1. The summed E-state index contributed by atoms with van der Waals surface area (Å²) in [5, 5.41) is 0.149. The van der Waals surface area contributed by atoms with Crippen molar-refractivity contribution in [1.29, 1.82) is 0 Å². The first-order valence-corrected chi connectivity index (χ1v) is 8.34. The SMILES string of the molecule is CN(Cc1c(F)cccc1Cl)S(=O)(=O)c1ccc(C(N)=O)cc1. The fourth-order valence-corrected chi connectivity index (χ4v) is 3.32. The van der Waals surface area contributed by atoms with E-state index in [4.69, 9.17) is 17.3 Å². The van der Waals surface area contributed by atoms with Crippen LogP contribution < -0.4 is 5.73 Å². The Morgan fingerprint density at radius 1 is 1.22 bits per heavy atom. The van der Waals surface area contributed by atoms with E-state index in [-0.39, 0.29) is 27.6 Å². The third-order valence-corrected chi connectivity index (χ3v) is 5.46. The summed E-state index contributed by atoms with van der Waals surface area (Å²) in [4.78, 5) is 11.0. The van der Waals surface area contributed by atoms with E-state index in [1.807, 2.05) is 0 Å². The Hall–Kier alpha value is -1.96. The van der Waals surface area contributed by atoms with Crippen LogP contribution in [-0.2, 0) is 16.6 Å². The van der Waals surface area contributed by atoms with Gasteiger partial charge in [0.05, 0.1) is 4.90 Å². The summed E-state index contributed by atoms with van der Waals surface area (Å²) in [7, 11) is -2.54. The molecule has 8 heteroatoms. The van der Waals surface area contributed by atoms with Gasteiger partial charge in [-0.1, -0.05) is 17.7 Å². The van der Waals surface area contributed by atoms with E-state index in [1.165, 1.54) is 49.5 Å². The first-order valence-electron chi connectivity index (χ1n) is 6.52. The molecule has 0 aliphatic rings. The molecule has 0 saturated heterocycles. The molecular weight excluding hydrogens is 343 g/mol. The molecule has 0 spiro atoms. The van der Waals surface area contributed by atoms with Gasteiger partial charge in [-0.05, 0) is 36.4 Å². The summed E-state index contributed by atoms with van der Waals surface area (Å²) in [5.41, 5.74) is 5.40. The Labute approximate surface area is 138 Å². The van der Waals surface area contributed by atoms with Crippen LogP contribution in [0.3, 0.4) is 0 Å². The number of amides is 1. The number of primary amides is 1. The first-order chi connectivity index (χ1) is 10.7. The van der Waals surface area contributed by atoms with Gasteiger partial charge in [0, 0.05) is 29.7 Å². The van der Waals surface area contributed by atoms with Crippen LogP contribution >= 0.6 is 11.6 Å². The van der Waals surface area contributed by atoms with Gasteiger partial charge in [-0.3, -0.25) is 4.79 Å². The van der Waals surface area contributed by atoms with Crippen molar-refractivity contribution in [3.63, 3.8) is 0 Å². The maximum Gasteiger partial charge on any atom is 0.248 e. The molecule has 122 valence electrons. The largest absolute Gasteiger partial charge is 0.366 e. The average molecular weight is 357 g/mol. The van der Waals surface area contributed by atoms with Crippen LogP contribution in [0.1, 0.15) is 15.9 Å². The smallest absolute Gasteiger partial charge is 0.248 e. The van der Waals surface area contributed by atoms with Crippen LogP contribution in [0.15, 0.2) is 47.4 Å². The maximum absolute atomic E-state index is 13.8. The van der Waals surface area contributed by atoms with Crippen molar-refractivity contribution in [2.24, 2.45) is 5.73 Å². The molecule has 0 saturated carbocycles. The van der Waals surface area contributed by atoms with Crippen molar-refractivity contribution in [2.75, 3.05) is 7.05 Å². The van der Waals surface area contributed by atoms with Gasteiger partial charge in [-0.25, -0.2) is 12.8 Å². The van der Waals surface area contributed by atoms with Gasteiger partial charge in [0.25, 0.3) is 0 Å². The topological polar surface area (TPSA) is 80.5 Å². The molecule has 2 aromatic carbocycles. The minimum absolute atomic E-state index is 0.0301. The highest BCUT2D eigenvalue weighted by atomic mass is 35.5. The number of benzene rings is 2. The van der Waals surface area contributed by atoms with Gasteiger partial charge in [-0.2, -0.15) is 4.31 Å². The molecule has 0 heterocycles.